The van der Waals surface area contributed by atoms with Gasteiger partial charge >= 0.3 is 0 Å². The number of hydrogen-bond acceptors (Lipinski definition) is 4. The zero-order valence-corrected chi connectivity index (χ0v) is 14.0. The van der Waals surface area contributed by atoms with E-state index in [2.05, 4.69) is 15.0 Å². The molecule has 0 aliphatic heterocycles. The van der Waals surface area contributed by atoms with Crippen molar-refractivity contribution >= 4 is 21.5 Å². The second-order valence-corrected chi connectivity index (χ2v) is 7.28. The molecule has 118 valence electrons. The highest BCUT2D eigenvalue weighted by atomic mass is 32.2. The van der Waals surface area contributed by atoms with Gasteiger partial charge in [0.25, 0.3) is 0 Å². The van der Waals surface area contributed by atoms with Crippen LogP contribution < -0.4 is 10.0 Å². The summed E-state index contributed by atoms with van der Waals surface area (Å²) in [6.45, 7) is 6.04. The number of pyridine rings is 1. The van der Waals surface area contributed by atoms with Crippen LogP contribution in [-0.2, 0) is 10.0 Å². The van der Waals surface area contributed by atoms with E-state index in [4.69, 9.17) is 0 Å². The summed E-state index contributed by atoms with van der Waals surface area (Å²) in [6, 6.07) is 11.4. The SMILES string of the molecule is Cc1cc(C)nc(NC(C)c2ccc(NS(C)(=O)=O)cc2)c1. The van der Waals surface area contributed by atoms with Crippen LogP contribution in [0, 0.1) is 13.8 Å². The standard InChI is InChI=1S/C16H21N3O2S/c1-11-9-12(2)17-16(10-11)18-13(3)14-5-7-15(8-6-14)19-22(4,20)21/h5-10,13,19H,1-4H3,(H,17,18). The average molecular weight is 319 g/mol. The van der Waals surface area contributed by atoms with Gasteiger partial charge in [-0.3, -0.25) is 4.72 Å². The molecule has 0 saturated carbocycles. The lowest BCUT2D eigenvalue weighted by atomic mass is 10.1. The molecule has 6 heteroatoms. The number of nitrogens with one attached hydrogen (secondary N) is 2. The molecular formula is C16H21N3O2S. The van der Waals surface area contributed by atoms with Gasteiger partial charge in [-0.1, -0.05) is 12.1 Å². The van der Waals surface area contributed by atoms with Gasteiger partial charge in [0.2, 0.25) is 10.0 Å². The van der Waals surface area contributed by atoms with E-state index in [1.54, 1.807) is 12.1 Å². The number of nitrogens with zero attached hydrogens (tertiary/aromatic N) is 1. The van der Waals surface area contributed by atoms with E-state index in [1.807, 2.05) is 45.0 Å². The fourth-order valence-corrected chi connectivity index (χ4v) is 2.84. The summed E-state index contributed by atoms with van der Waals surface area (Å²) in [6.07, 6.45) is 1.14. The first-order valence-electron chi connectivity index (χ1n) is 7.02. The Bertz CT molecular complexity index is 735. The Morgan fingerprint density at radius 3 is 2.27 bits per heavy atom. The van der Waals surface area contributed by atoms with Crippen LogP contribution in [0.3, 0.4) is 0 Å². The van der Waals surface area contributed by atoms with Crippen molar-refractivity contribution in [2.24, 2.45) is 0 Å². The predicted octanol–water partition coefficient (Wildman–Crippen LogP) is 3.24. The molecule has 1 atom stereocenters. The summed E-state index contributed by atoms with van der Waals surface area (Å²) < 4.78 is 24.8. The fraction of sp³-hybridized carbons (Fsp3) is 0.312. The predicted molar refractivity (Wildman–Crippen MR) is 90.7 cm³/mol. The van der Waals surface area contributed by atoms with Crippen LogP contribution in [0.1, 0.15) is 29.8 Å². The highest BCUT2D eigenvalue weighted by Gasteiger charge is 2.08. The van der Waals surface area contributed by atoms with E-state index in [1.165, 1.54) is 0 Å². The first-order chi connectivity index (χ1) is 10.2. The minimum atomic E-state index is -3.24. The summed E-state index contributed by atoms with van der Waals surface area (Å²) in [5.41, 5.74) is 3.75. The Morgan fingerprint density at radius 2 is 1.73 bits per heavy atom. The third-order valence-electron chi connectivity index (χ3n) is 3.18. The number of aromatic nitrogens is 1. The average Bonchev–Trinajstić information content (AvgIpc) is 2.36. The number of benzene rings is 1. The molecule has 22 heavy (non-hydrogen) atoms. The van der Waals surface area contributed by atoms with Crippen molar-refractivity contribution in [3.63, 3.8) is 0 Å². The van der Waals surface area contributed by atoms with E-state index in [9.17, 15) is 8.42 Å². The van der Waals surface area contributed by atoms with Crippen LogP contribution in [0.15, 0.2) is 36.4 Å². The Hall–Kier alpha value is -2.08. The third-order valence-corrected chi connectivity index (χ3v) is 3.78. The van der Waals surface area contributed by atoms with Crippen LogP contribution in [0.5, 0.6) is 0 Å². The summed E-state index contributed by atoms with van der Waals surface area (Å²) in [7, 11) is -3.24. The van der Waals surface area contributed by atoms with Crippen LogP contribution >= 0.6 is 0 Å². The van der Waals surface area contributed by atoms with Gasteiger partial charge in [-0.05, 0) is 56.2 Å². The van der Waals surface area contributed by atoms with Crippen LogP contribution in [-0.4, -0.2) is 19.7 Å². The van der Waals surface area contributed by atoms with Crippen LogP contribution in [0.2, 0.25) is 0 Å². The van der Waals surface area contributed by atoms with Gasteiger partial charge in [0.1, 0.15) is 5.82 Å². The van der Waals surface area contributed by atoms with Crippen molar-refractivity contribution < 1.29 is 8.42 Å². The Kier molecular flexibility index (Phi) is 4.71. The van der Waals surface area contributed by atoms with Crippen molar-refractivity contribution in [3.05, 3.63) is 53.2 Å². The zero-order chi connectivity index (χ0) is 16.3. The van der Waals surface area contributed by atoms with Crippen molar-refractivity contribution in [2.75, 3.05) is 16.3 Å². The number of rotatable bonds is 5. The Morgan fingerprint density at radius 1 is 1.09 bits per heavy atom. The lowest BCUT2D eigenvalue weighted by Gasteiger charge is -2.16. The second-order valence-electron chi connectivity index (χ2n) is 5.53. The summed E-state index contributed by atoms with van der Waals surface area (Å²) in [5.74, 6) is 0.836. The van der Waals surface area contributed by atoms with Gasteiger partial charge < -0.3 is 5.32 Å². The quantitative estimate of drug-likeness (QED) is 0.887. The Balaban J connectivity index is 2.11. The van der Waals surface area contributed by atoms with Crippen molar-refractivity contribution in [1.29, 1.82) is 0 Å². The van der Waals surface area contributed by atoms with Gasteiger partial charge in [0, 0.05) is 17.4 Å². The number of hydrogen-bond donors (Lipinski definition) is 2. The molecule has 2 N–H and O–H groups in total. The molecule has 0 radical (unpaired) electrons. The smallest absolute Gasteiger partial charge is 0.229 e. The van der Waals surface area contributed by atoms with Gasteiger partial charge in [0.05, 0.1) is 6.26 Å². The maximum absolute atomic E-state index is 11.2. The molecule has 1 heterocycles. The summed E-state index contributed by atoms with van der Waals surface area (Å²) >= 11 is 0. The maximum atomic E-state index is 11.2. The Labute approximate surface area is 131 Å². The first kappa shape index (κ1) is 16.3. The summed E-state index contributed by atoms with van der Waals surface area (Å²) in [5, 5.41) is 3.36. The number of anilines is 2. The topological polar surface area (TPSA) is 71.1 Å². The maximum Gasteiger partial charge on any atom is 0.229 e. The molecule has 0 saturated heterocycles. The molecule has 0 amide bonds. The largest absolute Gasteiger partial charge is 0.364 e. The van der Waals surface area contributed by atoms with Crippen molar-refractivity contribution in [1.82, 2.24) is 4.98 Å². The molecule has 0 aliphatic carbocycles. The lowest BCUT2D eigenvalue weighted by Crippen LogP contribution is -2.11. The molecule has 2 aromatic rings. The van der Waals surface area contributed by atoms with Gasteiger partial charge in [-0.15, -0.1) is 0 Å². The zero-order valence-electron chi connectivity index (χ0n) is 13.2. The molecule has 0 spiro atoms. The molecule has 0 fully saturated rings. The third kappa shape index (κ3) is 4.73. The van der Waals surface area contributed by atoms with Crippen molar-refractivity contribution in [3.8, 4) is 0 Å². The van der Waals surface area contributed by atoms with Gasteiger partial charge in [0.15, 0.2) is 0 Å². The van der Waals surface area contributed by atoms with Crippen LogP contribution in [0.25, 0.3) is 0 Å². The fourth-order valence-electron chi connectivity index (χ4n) is 2.27. The monoisotopic (exact) mass is 319 g/mol. The molecule has 1 aromatic carbocycles. The normalized spacial score (nSPS) is 12.7. The second kappa shape index (κ2) is 6.36. The van der Waals surface area contributed by atoms with Gasteiger partial charge in [-0.2, -0.15) is 0 Å². The highest BCUT2D eigenvalue weighted by Crippen LogP contribution is 2.21. The number of aryl methyl sites for hydroxylation is 2. The van der Waals surface area contributed by atoms with Crippen molar-refractivity contribution in [2.45, 2.75) is 26.8 Å². The van der Waals surface area contributed by atoms with Gasteiger partial charge in [-0.25, -0.2) is 13.4 Å². The van der Waals surface area contributed by atoms with E-state index in [-0.39, 0.29) is 6.04 Å². The molecule has 0 aliphatic rings. The van der Waals surface area contributed by atoms with E-state index in [0.717, 1.165) is 28.9 Å². The molecule has 2 rings (SSSR count). The molecule has 1 unspecified atom stereocenters. The summed E-state index contributed by atoms with van der Waals surface area (Å²) in [4.78, 5) is 4.46. The molecule has 1 aromatic heterocycles. The number of sulfonamides is 1. The molecule has 5 nitrogen and oxygen atoms in total. The van der Waals surface area contributed by atoms with Crippen LogP contribution in [0.4, 0.5) is 11.5 Å². The van der Waals surface area contributed by atoms with E-state index in [0.29, 0.717) is 5.69 Å². The minimum Gasteiger partial charge on any atom is -0.364 e. The molecular weight excluding hydrogens is 298 g/mol. The van der Waals surface area contributed by atoms with E-state index >= 15 is 0 Å². The molecule has 0 bridgehead atoms. The lowest BCUT2D eigenvalue weighted by molar-refractivity contribution is 0.607. The first-order valence-corrected chi connectivity index (χ1v) is 8.92. The minimum absolute atomic E-state index is 0.0704. The van der Waals surface area contributed by atoms with E-state index < -0.39 is 10.0 Å². The highest BCUT2D eigenvalue weighted by molar-refractivity contribution is 7.92.